The molecule has 3 N–H and O–H groups in total. The summed E-state index contributed by atoms with van der Waals surface area (Å²) < 4.78 is 13.5. The van der Waals surface area contributed by atoms with Crippen LogP contribution in [0.15, 0.2) is 23.3 Å². The first-order valence-electron chi connectivity index (χ1n) is 5.32. The SMILES string of the molecule is [N-]=[N+]=NCC(O)C(O)c1cc(CC(=O)O)ccc1F. The zero-order chi connectivity index (χ0) is 14.4. The van der Waals surface area contributed by atoms with Gasteiger partial charge in [-0.3, -0.25) is 4.79 Å². The van der Waals surface area contributed by atoms with Crippen molar-refractivity contribution in [2.45, 2.75) is 18.6 Å². The molecule has 0 saturated heterocycles. The first kappa shape index (κ1) is 14.9. The number of aliphatic hydroxyl groups excluding tert-OH is 2. The summed E-state index contributed by atoms with van der Waals surface area (Å²) in [5.41, 5.74) is 8.15. The third-order valence-electron chi connectivity index (χ3n) is 2.43. The van der Waals surface area contributed by atoms with Gasteiger partial charge in [0.05, 0.1) is 19.1 Å². The number of aliphatic carboxylic acids is 1. The van der Waals surface area contributed by atoms with Crippen molar-refractivity contribution in [1.29, 1.82) is 0 Å². The Kier molecular flexibility index (Phi) is 5.25. The summed E-state index contributed by atoms with van der Waals surface area (Å²) in [5.74, 6) is -1.87. The van der Waals surface area contributed by atoms with Crippen molar-refractivity contribution >= 4 is 5.97 Å². The van der Waals surface area contributed by atoms with Crippen LogP contribution in [0.2, 0.25) is 0 Å². The van der Waals surface area contributed by atoms with Gasteiger partial charge in [-0.1, -0.05) is 11.2 Å². The molecule has 19 heavy (non-hydrogen) atoms. The molecule has 0 spiro atoms. The summed E-state index contributed by atoms with van der Waals surface area (Å²) in [6.45, 7) is -0.416. The van der Waals surface area contributed by atoms with E-state index in [1.165, 1.54) is 6.07 Å². The number of azide groups is 1. The van der Waals surface area contributed by atoms with Gasteiger partial charge >= 0.3 is 5.97 Å². The minimum Gasteiger partial charge on any atom is -0.481 e. The highest BCUT2D eigenvalue weighted by Crippen LogP contribution is 2.22. The number of aliphatic hydroxyl groups is 2. The molecule has 2 unspecified atom stereocenters. The van der Waals surface area contributed by atoms with Crippen LogP contribution in [0, 0.1) is 5.82 Å². The summed E-state index contributed by atoms with van der Waals surface area (Å²) >= 11 is 0. The van der Waals surface area contributed by atoms with Crippen LogP contribution < -0.4 is 0 Å². The maximum absolute atomic E-state index is 13.5. The monoisotopic (exact) mass is 269 g/mol. The first-order chi connectivity index (χ1) is 8.95. The van der Waals surface area contributed by atoms with E-state index >= 15 is 0 Å². The van der Waals surface area contributed by atoms with Gasteiger partial charge in [-0.2, -0.15) is 0 Å². The van der Waals surface area contributed by atoms with Gasteiger partial charge in [-0.15, -0.1) is 0 Å². The predicted octanol–water partition coefficient (Wildman–Crippen LogP) is 1.16. The molecule has 0 aliphatic carbocycles. The van der Waals surface area contributed by atoms with Crippen molar-refractivity contribution in [3.63, 3.8) is 0 Å². The maximum atomic E-state index is 13.5. The second-order valence-electron chi connectivity index (χ2n) is 3.85. The van der Waals surface area contributed by atoms with Crippen molar-refractivity contribution < 1.29 is 24.5 Å². The van der Waals surface area contributed by atoms with E-state index in [9.17, 15) is 19.4 Å². The molecule has 8 heteroatoms. The topological polar surface area (TPSA) is 127 Å². The average molecular weight is 269 g/mol. The molecule has 0 fully saturated rings. The molecule has 0 heterocycles. The van der Waals surface area contributed by atoms with Crippen LogP contribution in [-0.2, 0) is 11.2 Å². The fraction of sp³-hybridized carbons (Fsp3) is 0.364. The lowest BCUT2D eigenvalue weighted by Crippen LogP contribution is -2.22. The van der Waals surface area contributed by atoms with E-state index in [2.05, 4.69) is 10.0 Å². The molecule has 7 nitrogen and oxygen atoms in total. The Hall–Kier alpha value is -2.15. The summed E-state index contributed by atoms with van der Waals surface area (Å²) in [5, 5.41) is 30.9. The number of halogens is 1. The number of hydrogen-bond donors (Lipinski definition) is 3. The fourth-order valence-corrected chi connectivity index (χ4v) is 1.53. The lowest BCUT2D eigenvalue weighted by molar-refractivity contribution is -0.136. The lowest BCUT2D eigenvalue weighted by atomic mass is 10.00. The Bertz CT molecular complexity index is 517. The van der Waals surface area contributed by atoms with Gasteiger partial charge in [0.1, 0.15) is 11.9 Å². The third kappa shape index (κ3) is 4.22. The normalized spacial score (nSPS) is 13.4. The van der Waals surface area contributed by atoms with Crippen molar-refractivity contribution in [1.82, 2.24) is 0 Å². The molecule has 1 aromatic carbocycles. The van der Waals surface area contributed by atoms with Crippen LogP contribution in [0.3, 0.4) is 0 Å². The molecule has 0 saturated carbocycles. The number of rotatable bonds is 6. The van der Waals surface area contributed by atoms with E-state index in [1.807, 2.05) is 0 Å². The van der Waals surface area contributed by atoms with E-state index in [-0.39, 0.29) is 12.0 Å². The van der Waals surface area contributed by atoms with Crippen LogP contribution in [0.1, 0.15) is 17.2 Å². The zero-order valence-corrected chi connectivity index (χ0v) is 9.77. The van der Waals surface area contributed by atoms with E-state index < -0.39 is 30.5 Å². The third-order valence-corrected chi connectivity index (χ3v) is 2.43. The summed E-state index contributed by atoms with van der Waals surface area (Å²) in [7, 11) is 0. The average Bonchev–Trinajstić information content (AvgIpc) is 2.36. The zero-order valence-electron chi connectivity index (χ0n) is 9.77. The smallest absolute Gasteiger partial charge is 0.307 e. The van der Waals surface area contributed by atoms with Crippen LogP contribution >= 0.6 is 0 Å². The highest BCUT2D eigenvalue weighted by molar-refractivity contribution is 5.70. The number of nitrogens with zero attached hydrogens (tertiary/aromatic N) is 3. The molecule has 0 aromatic heterocycles. The Labute approximate surface area is 107 Å². The Balaban J connectivity index is 2.97. The molecule has 0 bridgehead atoms. The van der Waals surface area contributed by atoms with Crippen molar-refractivity contribution in [2.24, 2.45) is 5.11 Å². The van der Waals surface area contributed by atoms with Gasteiger partial charge < -0.3 is 15.3 Å². The number of carboxylic acid groups (broad SMARTS) is 1. The van der Waals surface area contributed by atoms with Gasteiger partial charge in [0.2, 0.25) is 0 Å². The maximum Gasteiger partial charge on any atom is 0.307 e. The number of carboxylic acids is 1. The van der Waals surface area contributed by atoms with Crippen LogP contribution in [0.4, 0.5) is 4.39 Å². The standard InChI is InChI=1S/C11H12FN3O4/c12-8-2-1-6(4-10(17)18)3-7(8)11(19)9(16)5-14-15-13/h1-3,9,11,16,19H,4-5H2,(H,17,18). The molecule has 0 amide bonds. The molecular formula is C11H12FN3O4. The van der Waals surface area contributed by atoms with Gasteiger partial charge in [0, 0.05) is 10.5 Å². The second-order valence-corrected chi connectivity index (χ2v) is 3.85. The van der Waals surface area contributed by atoms with E-state index in [0.29, 0.717) is 5.56 Å². The van der Waals surface area contributed by atoms with Crippen LogP contribution in [-0.4, -0.2) is 33.9 Å². The second kappa shape index (κ2) is 6.69. The molecule has 0 aliphatic rings. The molecule has 0 aliphatic heterocycles. The van der Waals surface area contributed by atoms with Crippen LogP contribution in [0.25, 0.3) is 10.4 Å². The highest BCUT2D eigenvalue weighted by atomic mass is 19.1. The molecule has 0 radical (unpaired) electrons. The molecule has 2 atom stereocenters. The Morgan fingerprint density at radius 2 is 2.16 bits per heavy atom. The predicted molar refractivity (Wildman–Crippen MR) is 62.7 cm³/mol. The Morgan fingerprint density at radius 1 is 1.47 bits per heavy atom. The largest absolute Gasteiger partial charge is 0.481 e. The van der Waals surface area contributed by atoms with E-state index in [4.69, 9.17) is 10.6 Å². The van der Waals surface area contributed by atoms with E-state index in [1.54, 1.807) is 0 Å². The summed E-state index contributed by atoms with van der Waals surface area (Å²) in [6, 6.07) is 3.45. The van der Waals surface area contributed by atoms with E-state index in [0.717, 1.165) is 12.1 Å². The van der Waals surface area contributed by atoms with Gasteiger partial charge in [0.25, 0.3) is 0 Å². The quantitative estimate of drug-likeness (QED) is 0.406. The molecular weight excluding hydrogens is 257 g/mol. The first-order valence-corrected chi connectivity index (χ1v) is 5.32. The summed E-state index contributed by atoms with van der Waals surface area (Å²) in [6.07, 6.45) is -3.39. The molecule has 1 aromatic rings. The summed E-state index contributed by atoms with van der Waals surface area (Å²) in [4.78, 5) is 13.0. The molecule has 102 valence electrons. The lowest BCUT2D eigenvalue weighted by Gasteiger charge is -2.17. The minimum absolute atomic E-state index is 0.237. The van der Waals surface area contributed by atoms with Crippen molar-refractivity contribution in [3.8, 4) is 0 Å². The highest BCUT2D eigenvalue weighted by Gasteiger charge is 2.21. The van der Waals surface area contributed by atoms with Crippen molar-refractivity contribution in [3.05, 3.63) is 45.6 Å². The minimum atomic E-state index is -1.60. The van der Waals surface area contributed by atoms with Crippen LogP contribution in [0.5, 0.6) is 0 Å². The number of hydrogen-bond acceptors (Lipinski definition) is 4. The Morgan fingerprint density at radius 3 is 2.74 bits per heavy atom. The number of carbonyl (C=O) groups is 1. The van der Waals surface area contributed by atoms with Gasteiger partial charge in [-0.25, -0.2) is 4.39 Å². The molecule has 1 rings (SSSR count). The fourth-order valence-electron chi connectivity index (χ4n) is 1.53. The van der Waals surface area contributed by atoms with Crippen molar-refractivity contribution in [2.75, 3.05) is 6.54 Å². The van der Waals surface area contributed by atoms with Gasteiger partial charge in [-0.05, 0) is 23.2 Å². The number of benzene rings is 1. The van der Waals surface area contributed by atoms with Gasteiger partial charge in [0.15, 0.2) is 0 Å².